The number of hydrogen-bond donors (Lipinski definition) is 1. The SMILES string of the molecule is CC(C)CCC[C@@H](C)[C@H]1CC[C@H]2[C@@H]3CC=C4CC(OC(=O)NCC[N+](C)(C)C)CC[C@]4(C)[C@H]3CC[C@]12C. The molecule has 1 unspecified atom stereocenters. The summed E-state index contributed by atoms with van der Waals surface area (Å²) in [6.07, 6.45) is 16.8. The monoisotopic (exact) mass is 515 g/mol. The summed E-state index contributed by atoms with van der Waals surface area (Å²) in [4.78, 5) is 12.5. The van der Waals surface area contributed by atoms with Crippen LogP contribution in [0.25, 0.3) is 0 Å². The Morgan fingerprint density at radius 3 is 2.51 bits per heavy atom. The number of rotatable bonds is 9. The van der Waals surface area contributed by atoms with Gasteiger partial charge < -0.3 is 14.5 Å². The summed E-state index contributed by atoms with van der Waals surface area (Å²) in [5, 5.41) is 2.98. The molecule has 4 aliphatic carbocycles. The van der Waals surface area contributed by atoms with Crippen molar-refractivity contribution in [1.82, 2.24) is 5.32 Å². The molecule has 8 atom stereocenters. The van der Waals surface area contributed by atoms with Gasteiger partial charge in [-0.2, -0.15) is 0 Å². The van der Waals surface area contributed by atoms with Gasteiger partial charge in [0.05, 0.1) is 34.2 Å². The highest BCUT2D eigenvalue weighted by molar-refractivity contribution is 5.67. The van der Waals surface area contributed by atoms with Gasteiger partial charge in [-0.15, -0.1) is 0 Å². The maximum absolute atomic E-state index is 12.5. The number of alkyl carbamates (subject to hydrolysis) is 1. The fraction of sp³-hybridized carbons (Fsp3) is 0.909. The zero-order chi connectivity index (χ0) is 27.0. The van der Waals surface area contributed by atoms with Gasteiger partial charge in [-0.25, -0.2) is 4.79 Å². The summed E-state index contributed by atoms with van der Waals surface area (Å²) in [6.45, 7) is 14.1. The van der Waals surface area contributed by atoms with Crippen molar-refractivity contribution in [3.05, 3.63) is 11.6 Å². The molecule has 37 heavy (non-hydrogen) atoms. The number of fused-ring (bicyclic) bond motifs is 5. The average molecular weight is 516 g/mol. The van der Waals surface area contributed by atoms with E-state index < -0.39 is 0 Å². The lowest BCUT2D eigenvalue weighted by Gasteiger charge is -2.58. The maximum Gasteiger partial charge on any atom is 0.407 e. The van der Waals surface area contributed by atoms with Crippen LogP contribution in [-0.4, -0.2) is 50.9 Å². The highest BCUT2D eigenvalue weighted by atomic mass is 16.6. The quantitative estimate of drug-likeness (QED) is 0.251. The van der Waals surface area contributed by atoms with Gasteiger partial charge in [0.1, 0.15) is 6.10 Å². The zero-order valence-corrected chi connectivity index (χ0v) is 25.6. The van der Waals surface area contributed by atoms with Gasteiger partial charge in [-0.05, 0) is 91.3 Å². The molecule has 4 nitrogen and oxygen atoms in total. The lowest BCUT2D eigenvalue weighted by molar-refractivity contribution is -0.869. The van der Waals surface area contributed by atoms with Gasteiger partial charge in [0.2, 0.25) is 0 Å². The van der Waals surface area contributed by atoms with Crippen LogP contribution in [0.3, 0.4) is 0 Å². The molecule has 3 saturated carbocycles. The van der Waals surface area contributed by atoms with E-state index in [2.05, 4.69) is 67.2 Å². The number of allylic oxidation sites excluding steroid dienone is 1. The molecule has 1 N–H and O–H groups in total. The van der Waals surface area contributed by atoms with E-state index >= 15 is 0 Å². The van der Waals surface area contributed by atoms with Crippen LogP contribution in [0.2, 0.25) is 0 Å². The summed E-state index contributed by atoms with van der Waals surface area (Å²) in [6, 6.07) is 0. The summed E-state index contributed by atoms with van der Waals surface area (Å²) in [5.41, 5.74) is 2.46. The minimum atomic E-state index is -0.232. The molecule has 0 radical (unpaired) electrons. The van der Waals surface area contributed by atoms with Gasteiger partial charge in [0.25, 0.3) is 0 Å². The standard InChI is InChI=1S/C33H58N2O2/c1-23(2)10-9-11-24(3)28-14-15-29-27-13-12-25-22-26(37-31(36)34-20-21-35(6,7)8)16-18-32(25,4)30(27)17-19-33(28,29)5/h12,23-24,26-30H,9-11,13-22H2,1-8H3/p+1/t24-,26?,27+,28-,29+,30+,32+,33-/m1/s1. The molecule has 1 amide bonds. The Balaban J connectivity index is 1.36. The summed E-state index contributed by atoms with van der Waals surface area (Å²) >= 11 is 0. The molecule has 0 aromatic heterocycles. The lowest BCUT2D eigenvalue weighted by Crippen LogP contribution is -2.51. The molecule has 212 valence electrons. The van der Waals surface area contributed by atoms with Crippen LogP contribution in [0.15, 0.2) is 11.6 Å². The maximum atomic E-state index is 12.5. The van der Waals surface area contributed by atoms with Gasteiger partial charge in [0.15, 0.2) is 0 Å². The fourth-order valence-corrected chi connectivity index (χ4v) is 9.44. The molecule has 0 aromatic carbocycles. The van der Waals surface area contributed by atoms with Crippen molar-refractivity contribution >= 4 is 6.09 Å². The Hall–Kier alpha value is -1.03. The number of carbonyl (C=O) groups excluding carboxylic acids is 1. The van der Waals surface area contributed by atoms with Crippen LogP contribution >= 0.6 is 0 Å². The van der Waals surface area contributed by atoms with E-state index in [4.69, 9.17) is 4.74 Å². The van der Waals surface area contributed by atoms with Crippen molar-refractivity contribution < 1.29 is 14.0 Å². The molecule has 3 fully saturated rings. The van der Waals surface area contributed by atoms with Gasteiger partial charge in [0, 0.05) is 6.42 Å². The van der Waals surface area contributed by atoms with Crippen molar-refractivity contribution in [3.8, 4) is 0 Å². The third-order valence-electron chi connectivity index (χ3n) is 11.6. The Bertz CT molecular complexity index is 829. The second-order valence-electron chi connectivity index (χ2n) is 15.5. The molecular weight excluding hydrogens is 456 g/mol. The molecule has 0 spiro atoms. The van der Waals surface area contributed by atoms with Crippen molar-refractivity contribution in [2.45, 2.75) is 111 Å². The minimum absolute atomic E-state index is 0.0383. The number of amides is 1. The Morgan fingerprint density at radius 2 is 1.81 bits per heavy atom. The van der Waals surface area contributed by atoms with Crippen molar-refractivity contribution in [3.63, 3.8) is 0 Å². The smallest absolute Gasteiger partial charge is 0.407 e. The van der Waals surface area contributed by atoms with Crippen LogP contribution in [0.5, 0.6) is 0 Å². The number of quaternary nitrogens is 1. The number of hydrogen-bond acceptors (Lipinski definition) is 2. The molecule has 0 aromatic rings. The molecule has 4 aliphatic rings. The van der Waals surface area contributed by atoms with Gasteiger partial charge >= 0.3 is 6.09 Å². The highest BCUT2D eigenvalue weighted by Gasteiger charge is 2.59. The minimum Gasteiger partial charge on any atom is -0.446 e. The first-order valence-corrected chi connectivity index (χ1v) is 15.8. The molecule has 0 saturated heterocycles. The first-order valence-electron chi connectivity index (χ1n) is 15.8. The first kappa shape index (κ1) is 29.0. The van der Waals surface area contributed by atoms with Crippen LogP contribution in [-0.2, 0) is 4.74 Å². The van der Waals surface area contributed by atoms with E-state index in [1.54, 1.807) is 5.57 Å². The third-order valence-corrected chi connectivity index (χ3v) is 11.6. The first-order chi connectivity index (χ1) is 17.3. The van der Waals surface area contributed by atoms with E-state index in [9.17, 15) is 4.79 Å². The van der Waals surface area contributed by atoms with Crippen LogP contribution < -0.4 is 5.32 Å². The van der Waals surface area contributed by atoms with Gasteiger partial charge in [-0.1, -0.05) is 65.5 Å². The van der Waals surface area contributed by atoms with E-state index in [1.165, 1.54) is 57.8 Å². The second-order valence-corrected chi connectivity index (χ2v) is 15.5. The predicted octanol–water partition coefficient (Wildman–Crippen LogP) is 7.83. The summed E-state index contributed by atoms with van der Waals surface area (Å²) < 4.78 is 6.75. The lowest BCUT2D eigenvalue weighted by atomic mass is 9.47. The van der Waals surface area contributed by atoms with Gasteiger partial charge in [-0.3, -0.25) is 0 Å². The topological polar surface area (TPSA) is 38.3 Å². The highest BCUT2D eigenvalue weighted by Crippen LogP contribution is 2.67. The van der Waals surface area contributed by atoms with Crippen LogP contribution in [0.1, 0.15) is 105 Å². The number of nitrogens with one attached hydrogen (secondary N) is 1. The molecule has 0 aliphatic heterocycles. The van der Waals surface area contributed by atoms with E-state index in [-0.39, 0.29) is 12.2 Å². The van der Waals surface area contributed by atoms with Crippen molar-refractivity contribution in [2.75, 3.05) is 34.2 Å². The molecule has 0 heterocycles. The predicted molar refractivity (Wildman–Crippen MR) is 154 cm³/mol. The molecule has 4 rings (SSSR count). The van der Waals surface area contributed by atoms with E-state index in [1.807, 2.05) is 0 Å². The van der Waals surface area contributed by atoms with Crippen LogP contribution in [0, 0.1) is 46.3 Å². The van der Waals surface area contributed by atoms with Crippen LogP contribution in [0.4, 0.5) is 4.79 Å². The summed E-state index contributed by atoms with van der Waals surface area (Å²) in [5.74, 6) is 5.21. The van der Waals surface area contributed by atoms with E-state index in [0.717, 1.165) is 59.4 Å². The Morgan fingerprint density at radius 1 is 1.05 bits per heavy atom. The molecule has 0 bridgehead atoms. The molecular formula is C33H59N2O2+. The Labute approximate surface area is 228 Å². The normalized spacial score (nSPS) is 38.3. The molecule has 4 heteroatoms. The zero-order valence-electron chi connectivity index (χ0n) is 25.6. The Kier molecular flexibility index (Phi) is 8.78. The largest absolute Gasteiger partial charge is 0.446 e. The third kappa shape index (κ3) is 6.25. The second kappa shape index (κ2) is 11.2. The van der Waals surface area contributed by atoms with E-state index in [0.29, 0.717) is 17.4 Å². The number of ether oxygens (including phenoxy) is 1. The van der Waals surface area contributed by atoms with Crippen molar-refractivity contribution in [2.24, 2.45) is 46.3 Å². The number of likely N-dealkylation sites (N-methyl/N-ethyl adjacent to an activating group) is 1. The number of carbonyl (C=O) groups is 1. The fourth-order valence-electron chi connectivity index (χ4n) is 9.44. The number of nitrogens with zero attached hydrogens (tertiary/aromatic N) is 1. The average Bonchev–Trinajstić information content (AvgIpc) is 3.15. The summed E-state index contributed by atoms with van der Waals surface area (Å²) in [7, 11) is 6.43. The van der Waals surface area contributed by atoms with Crippen molar-refractivity contribution in [1.29, 1.82) is 0 Å².